The van der Waals surface area contributed by atoms with Crippen LogP contribution in [0.5, 0.6) is 0 Å². The van der Waals surface area contributed by atoms with Crippen LogP contribution in [-0.4, -0.2) is 30.3 Å². The molecule has 0 saturated carbocycles. The van der Waals surface area contributed by atoms with E-state index in [9.17, 15) is 0 Å². The molecule has 1 aliphatic heterocycles. The van der Waals surface area contributed by atoms with Crippen molar-refractivity contribution >= 4 is 35.2 Å². The number of hydrogen-bond donors (Lipinski definition) is 1. The molecule has 0 atom stereocenters. The zero-order chi connectivity index (χ0) is 13.4. The van der Waals surface area contributed by atoms with E-state index in [1.165, 1.54) is 0 Å². The van der Waals surface area contributed by atoms with Gasteiger partial charge in [0.05, 0.1) is 0 Å². The number of nitrogens with zero attached hydrogens (tertiary/aromatic N) is 4. The molecule has 0 aliphatic carbocycles. The summed E-state index contributed by atoms with van der Waals surface area (Å²) in [6.07, 6.45) is 3.39. The Balaban J connectivity index is 2.16. The Hall–Kier alpha value is -2.08. The molecule has 1 aromatic heterocycles. The van der Waals surface area contributed by atoms with Crippen molar-refractivity contribution in [2.45, 2.75) is 9.92 Å². The Morgan fingerprint density at radius 1 is 1.21 bits per heavy atom. The number of hydrogen-bond acceptors (Lipinski definition) is 6. The Kier molecular flexibility index (Phi) is 2.87. The summed E-state index contributed by atoms with van der Waals surface area (Å²) in [5.74, 6) is 0.814. The van der Waals surface area contributed by atoms with Crippen molar-refractivity contribution in [3.63, 3.8) is 0 Å². The summed E-state index contributed by atoms with van der Waals surface area (Å²) in [4.78, 5) is 16.2. The molecule has 3 rings (SSSR count). The lowest BCUT2D eigenvalue weighted by Crippen LogP contribution is -2.11. The fourth-order valence-corrected chi connectivity index (χ4v) is 2.78. The Labute approximate surface area is 115 Å². The average Bonchev–Trinajstić information content (AvgIpc) is 2.57. The third-order valence-electron chi connectivity index (χ3n) is 2.77. The molecule has 96 valence electrons. The Morgan fingerprint density at radius 3 is 2.84 bits per heavy atom. The van der Waals surface area contributed by atoms with Crippen LogP contribution in [0.4, 0.5) is 17.2 Å². The first-order valence-corrected chi connectivity index (χ1v) is 6.60. The van der Waals surface area contributed by atoms with E-state index in [0.29, 0.717) is 0 Å². The predicted octanol–water partition coefficient (Wildman–Crippen LogP) is 2.34. The highest BCUT2D eigenvalue weighted by molar-refractivity contribution is 7.99. The third-order valence-corrected chi connectivity index (χ3v) is 3.85. The highest BCUT2D eigenvalue weighted by Gasteiger charge is 2.17. The summed E-state index contributed by atoms with van der Waals surface area (Å²) in [5.41, 5.74) is 8.35. The van der Waals surface area contributed by atoms with Gasteiger partial charge in [-0.3, -0.25) is 0 Å². The minimum absolute atomic E-state index is 0.732. The van der Waals surface area contributed by atoms with Crippen LogP contribution in [0.15, 0.2) is 39.4 Å². The minimum atomic E-state index is 0.732. The molecule has 2 aromatic rings. The number of benzene rings is 1. The van der Waals surface area contributed by atoms with E-state index in [1.807, 2.05) is 43.4 Å². The minimum Gasteiger partial charge on any atom is -0.399 e. The van der Waals surface area contributed by atoms with Crippen molar-refractivity contribution in [3.05, 3.63) is 30.1 Å². The van der Waals surface area contributed by atoms with Crippen molar-refractivity contribution < 1.29 is 0 Å². The van der Waals surface area contributed by atoms with Crippen LogP contribution in [0, 0.1) is 0 Å². The molecular formula is C13H13N5S. The number of nitrogen functional groups attached to an aromatic ring is 1. The van der Waals surface area contributed by atoms with Gasteiger partial charge in [-0.05, 0) is 18.2 Å². The molecule has 0 bridgehead atoms. The van der Waals surface area contributed by atoms with Gasteiger partial charge in [0.1, 0.15) is 17.0 Å². The summed E-state index contributed by atoms with van der Waals surface area (Å²) in [5, 5.41) is 0.860. The second-order valence-electron chi connectivity index (χ2n) is 4.40. The van der Waals surface area contributed by atoms with Crippen LogP contribution in [0.1, 0.15) is 5.56 Å². The SMILES string of the molecule is CN(C)c1ncnc2c1N=Cc1cc(N)ccc1S2. The number of fused-ring (bicyclic) bond motifs is 2. The second-order valence-corrected chi connectivity index (χ2v) is 5.43. The van der Waals surface area contributed by atoms with Gasteiger partial charge in [-0.15, -0.1) is 0 Å². The van der Waals surface area contributed by atoms with Gasteiger partial charge in [-0.2, -0.15) is 0 Å². The summed E-state index contributed by atoms with van der Waals surface area (Å²) in [6, 6.07) is 5.80. The van der Waals surface area contributed by atoms with Crippen molar-refractivity contribution in [3.8, 4) is 0 Å². The normalized spacial score (nSPS) is 12.5. The van der Waals surface area contributed by atoms with Crippen LogP contribution < -0.4 is 10.6 Å². The van der Waals surface area contributed by atoms with Crippen molar-refractivity contribution in [2.24, 2.45) is 4.99 Å². The van der Waals surface area contributed by atoms with Gasteiger partial charge in [-0.1, -0.05) is 11.8 Å². The van der Waals surface area contributed by atoms with E-state index in [1.54, 1.807) is 18.1 Å². The quantitative estimate of drug-likeness (QED) is 0.543. The smallest absolute Gasteiger partial charge is 0.158 e. The molecule has 0 fully saturated rings. The van der Waals surface area contributed by atoms with Gasteiger partial charge in [0.25, 0.3) is 0 Å². The molecular weight excluding hydrogens is 258 g/mol. The van der Waals surface area contributed by atoms with Gasteiger partial charge >= 0.3 is 0 Å². The largest absolute Gasteiger partial charge is 0.399 e. The van der Waals surface area contributed by atoms with Crippen LogP contribution in [0.3, 0.4) is 0 Å². The highest BCUT2D eigenvalue weighted by Crippen LogP contribution is 2.41. The number of nitrogens with two attached hydrogens (primary N) is 1. The first kappa shape index (κ1) is 12.0. The maximum Gasteiger partial charge on any atom is 0.158 e. The topological polar surface area (TPSA) is 67.4 Å². The lowest BCUT2D eigenvalue weighted by atomic mass is 10.2. The van der Waals surface area contributed by atoms with Crippen molar-refractivity contribution in [2.75, 3.05) is 24.7 Å². The van der Waals surface area contributed by atoms with Gasteiger partial charge in [0.2, 0.25) is 0 Å². The van der Waals surface area contributed by atoms with E-state index in [4.69, 9.17) is 5.73 Å². The summed E-state index contributed by atoms with van der Waals surface area (Å²) >= 11 is 1.59. The van der Waals surface area contributed by atoms with E-state index in [2.05, 4.69) is 15.0 Å². The lowest BCUT2D eigenvalue weighted by molar-refractivity contribution is 0.984. The van der Waals surface area contributed by atoms with Gasteiger partial charge < -0.3 is 10.6 Å². The highest BCUT2D eigenvalue weighted by atomic mass is 32.2. The van der Waals surface area contributed by atoms with E-state index >= 15 is 0 Å². The van der Waals surface area contributed by atoms with Crippen molar-refractivity contribution in [1.82, 2.24) is 9.97 Å². The van der Waals surface area contributed by atoms with E-state index in [0.717, 1.165) is 32.7 Å². The molecule has 0 amide bonds. The summed E-state index contributed by atoms with van der Waals surface area (Å²) in [6.45, 7) is 0. The number of anilines is 2. The molecule has 1 aromatic carbocycles. The monoisotopic (exact) mass is 271 g/mol. The zero-order valence-corrected chi connectivity index (χ0v) is 11.5. The average molecular weight is 271 g/mol. The number of aliphatic imine (C=N–C) groups is 1. The predicted molar refractivity (Wildman–Crippen MR) is 78.6 cm³/mol. The standard InChI is InChI=1S/C13H13N5S/c1-18(2)12-11-13(17-7-16-12)19-10-4-3-9(14)5-8(10)6-15-11/h3-7H,14H2,1-2H3. The Bertz CT molecular complexity index is 666. The van der Waals surface area contributed by atoms with Crippen LogP contribution in [0.2, 0.25) is 0 Å². The summed E-state index contributed by atoms with van der Waals surface area (Å²) in [7, 11) is 3.89. The zero-order valence-electron chi connectivity index (χ0n) is 10.7. The van der Waals surface area contributed by atoms with Crippen LogP contribution in [-0.2, 0) is 0 Å². The molecule has 1 aliphatic rings. The molecule has 5 nitrogen and oxygen atoms in total. The molecule has 6 heteroatoms. The van der Waals surface area contributed by atoms with Gasteiger partial charge in [0.15, 0.2) is 5.82 Å². The lowest BCUT2D eigenvalue weighted by Gasteiger charge is -2.14. The number of rotatable bonds is 1. The summed E-state index contributed by atoms with van der Waals surface area (Å²) < 4.78 is 0. The van der Waals surface area contributed by atoms with Gasteiger partial charge in [0, 0.05) is 36.5 Å². The molecule has 2 N–H and O–H groups in total. The fourth-order valence-electron chi connectivity index (χ4n) is 1.87. The molecule has 0 saturated heterocycles. The van der Waals surface area contributed by atoms with Crippen LogP contribution >= 0.6 is 11.8 Å². The maximum absolute atomic E-state index is 5.81. The first-order valence-electron chi connectivity index (χ1n) is 5.79. The fraction of sp³-hybridized carbons (Fsp3) is 0.154. The molecule has 0 radical (unpaired) electrons. The first-order chi connectivity index (χ1) is 9.15. The second kappa shape index (κ2) is 4.55. The van der Waals surface area contributed by atoms with Crippen LogP contribution in [0.25, 0.3) is 0 Å². The number of aromatic nitrogens is 2. The third kappa shape index (κ3) is 2.15. The maximum atomic E-state index is 5.81. The van der Waals surface area contributed by atoms with E-state index in [-0.39, 0.29) is 0 Å². The molecule has 0 unspecified atom stereocenters. The van der Waals surface area contributed by atoms with E-state index < -0.39 is 0 Å². The molecule has 2 heterocycles. The Morgan fingerprint density at radius 2 is 2.05 bits per heavy atom. The van der Waals surface area contributed by atoms with Crippen molar-refractivity contribution in [1.29, 1.82) is 0 Å². The molecule has 19 heavy (non-hydrogen) atoms. The van der Waals surface area contributed by atoms with Gasteiger partial charge in [-0.25, -0.2) is 15.0 Å². The molecule has 0 spiro atoms.